The third-order valence-corrected chi connectivity index (χ3v) is 1.36. The number of aromatic nitrogens is 2. The molecule has 1 aromatic rings. The lowest BCUT2D eigenvalue weighted by atomic mass is 10.4. The molecule has 2 N–H and O–H groups in total. The Bertz CT molecular complexity index is 284. The monoisotopic (exact) mass is 185 g/mol. The predicted octanol–water partition coefficient (Wildman–Crippen LogP) is -0.0577. The fourth-order valence-electron chi connectivity index (χ4n) is 0.800. The Morgan fingerprint density at radius 1 is 1.62 bits per heavy atom. The van der Waals surface area contributed by atoms with Crippen molar-refractivity contribution in [2.75, 3.05) is 6.54 Å². The van der Waals surface area contributed by atoms with E-state index in [1.807, 2.05) is 0 Å². The summed E-state index contributed by atoms with van der Waals surface area (Å²) < 4.78 is 5.06. The van der Waals surface area contributed by atoms with E-state index in [1.165, 1.54) is 0 Å². The van der Waals surface area contributed by atoms with Gasteiger partial charge in [0.2, 0.25) is 11.8 Å². The van der Waals surface area contributed by atoms with Crippen LogP contribution < -0.4 is 5.32 Å². The number of aliphatic carboxylic acids is 1. The molecule has 6 nitrogen and oxygen atoms in total. The fraction of sp³-hybridized carbons (Fsp3) is 0.571. The molecule has 72 valence electrons. The summed E-state index contributed by atoms with van der Waals surface area (Å²) in [4.78, 5) is 10.1. The van der Waals surface area contributed by atoms with Gasteiger partial charge in [-0.1, -0.05) is 0 Å². The summed E-state index contributed by atoms with van der Waals surface area (Å²) in [5.74, 6) is 0.159. The maximum Gasteiger partial charge on any atom is 0.304 e. The van der Waals surface area contributed by atoms with Crippen LogP contribution in [0, 0.1) is 6.92 Å². The number of hydrogen-bond acceptors (Lipinski definition) is 5. The number of carboxylic acids is 1. The van der Waals surface area contributed by atoms with Crippen LogP contribution in [0.25, 0.3) is 0 Å². The topological polar surface area (TPSA) is 88.2 Å². The van der Waals surface area contributed by atoms with Gasteiger partial charge < -0.3 is 14.8 Å². The summed E-state index contributed by atoms with van der Waals surface area (Å²) in [5.41, 5.74) is 0. The second-order valence-corrected chi connectivity index (χ2v) is 2.54. The number of carbonyl (C=O) groups is 1. The molecule has 0 spiro atoms. The molecule has 0 aliphatic carbocycles. The van der Waals surface area contributed by atoms with Crippen LogP contribution >= 0.6 is 0 Å². The van der Waals surface area contributed by atoms with Crippen molar-refractivity contribution >= 4 is 5.97 Å². The smallest absolute Gasteiger partial charge is 0.304 e. The zero-order chi connectivity index (χ0) is 9.68. The molecule has 0 aliphatic heterocycles. The van der Waals surface area contributed by atoms with Crippen molar-refractivity contribution in [2.45, 2.75) is 19.9 Å². The second kappa shape index (κ2) is 4.56. The Morgan fingerprint density at radius 2 is 2.38 bits per heavy atom. The molecule has 0 bridgehead atoms. The maximum absolute atomic E-state index is 10.1. The normalized spacial score (nSPS) is 10.2. The molecular formula is C7H11N3O3. The largest absolute Gasteiger partial charge is 0.481 e. The minimum atomic E-state index is -0.825. The van der Waals surface area contributed by atoms with Gasteiger partial charge >= 0.3 is 5.97 Å². The summed E-state index contributed by atoms with van der Waals surface area (Å²) in [6, 6.07) is 0. The SMILES string of the molecule is Cc1nnc(CNCCC(=O)O)o1. The molecule has 0 radical (unpaired) electrons. The lowest BCUT2D eigenvalue weighted by molar-refractivity contribution is -0.136. The van der Waals surface area contributed by atoms with Crippen LogP contribution in [-0.4, -0.2) is 27.8 Å². The summed E-state index contributed by atoms with van der Waals surface area (Å²) >= 11 is 0. The van der Waals surface area contributed by atoms with Crippen LogP contribution in [0.15, 0.2) is 4.42 Å². The number of nitrogens with zero attached hydrogens (tertiary/aromatic N) is 2. The van der Waals surface area contributed by atoms with Gasteiger partial charge in [0, 0.05) is 13.5 Å². The highest BCUT2D eigenvalue weighted by Gasteiger charge is 2.01. The molecular weight excluding hydrogens is 174 g/mol. The van der Waals surface area contributed by atoms with Crippen molar-refractivity contribution in [2.24, 2.45) is 0 Å². The molecule has 0 aromatic carbocycles. The lowest BCUT2D eigenvalue weighted by Crippen LogP contribution is -2.17. The van der Waals surface area contributed by atoms with Crippen molar-refractivity contribution in [1.29, 1.82) is 0 Å². The van der Waals surface area contributed by atoms with E-state index in [2.05, 4.69) is 15.5 Å². The minimum Gasteiger partial charge on any atom is -0.481 e. The summed E-state index contributed by atoms with van der Waals surface area (Å²) in [7, 11) is 0. The molecule has 0 saturated heterocycles. The Labute approximate surface area is 75.0 Å². The van der Waals surface area contributed by atoms with E-state index in [0.717, 1.165) is 0 Å². The predicted molar refractivity (Wildman–Crippen MR) is 43.0 cm³/mol. The highest BCUT2D eigenvalue weighted by Crippen LogP contribution is 1.96. The highest BCUT2D eigenvalue weighted by atomic mass is 16.4. The molecule has 1 aromatic heterocycles. The van der Waals surface area contributed by atoms with E-state index in [9.17, 15) is 4.79 Å². The molecule has 0 aliphatic rings. The third kappa shape index (κ3) is 3.66. The second-order valence-electron chi connectivity index (χ2n) is 2.54. The first kappa shape index (κ1) is 9.66. The number of rotatable bonds is 5. The zero-order valence-electron chi connectivity index (χ0n) is 7.28. The van der Waals surface area contributed by atoms with Crippen LogP contribution in [0.5, 0.6) is 0 Å². The minimum absolute atomic E-state index is 0.0904. The van der Waals surface area contributed by atoms with Gasteiger partial charge in [-0.3, -0.25) is 4.79 Å². The molecule has 0 atom stereocenters. The average Bonchev–Trinajstić information content (AvgIpc) is 2.45. The van der Waals surface area contributed by atoms with Crippen LogP contribution in [0.1, 0.15) is 18.2 Å². The molecule has 0 amide bonds. The van der Waals surface area contributed by atoms with E-state index < -0.39 is 5.97 Å². The van der Waals surface area contributed by atoms with E-state index in [-0.39, 0.29) is 6.42 Å². The Hall–Kier alpha value is -1.43. The van der Waals surface area contributed by atoms with Crippen molar-refractivity contribution in [3.05, 3.63) is 11.8 Å². The van der Waals surface area contributed by atoms with Gasteiger partial charge in [0.25, 0.3) is 0 Å². The highest BCUT2D eigenvalue weighted by molar-refractivity contribution is 5.66. The van der Waals surface area contributed by atoms with Crippen LogP contribution in [0.3, 0.4) is 0 Å². The fourth-order valence-corrected chi connectivity index (χ4v) is 0.800. The molecule has 6 heteroatoms. The first-order valence-electron chi connectivity index (χ1n) is 3.90. The van der Waals surface area contributed by atoms with Crippen molar-refractivity contribution < 1.29 is 14.3 Å². The Morgan fingerprint density at radius 3 is 2.92 bits per heavy atom. The van der Waals surface area contributed by atoms with Gasteiger partial charge in [-0.2, -0.15) is 0 Å². The number of carboxylic acid groups (broad SMARTS) is 1. The molecule has 1 heterocycles. The van der Waals surface area contributed by atoms with Gasteiger partial charge in [0.05, 0.1) is 13.0 Å². The summed E-state index contributed by atoms with van der Waals surface area (Å²) in [6.45, 7) is 2.51. The third-order valence-electron chi connectivity index (χ3n) is 1.36. The quantitative estimate of drug-likeness (QED) is 0.625. The van der Waals surface area contributed by atoms with Crippen molar-refractivity contribution in [3.63, 3.8) is 0 Å². The molecule has 1 rings (SSSR count). The molecule has 0 unspecified atom stereocenters. The van der Waals surface area contributed by atoms with Crippen LogP contribution in [0.2, 0.25) is 0 Å². The lowest BCUT2D eigenvalue weighted by Gasteiger charge is -1.96. The molecule has 0 fully saturated rings. The summed E-state index contributed by atoms with van der Waals surface area (Å²) in [6.07, 6.45) is 0.0904. The van der Waals surface area contributed by atoms with Gasteiger partial charge in [0.15, 0.2) is 0 Å². The van der Waals surface area contributed by atoms with E-state index >= 15 is 0 Å². The van der Waals surface area contributed by atoms with Gasteiger partial charge in [-0.05, 0) is 0 Å². The van der Waals surface area contributed by atoms with Crippen molar-refractivity contribution in [1.82, 2.24) is 15.5 Å². The standard InChI is InChI=1S/C7H11N3O3/c1-5-9-10-6(13-5)4-8-3-2-7(11)12/h8H,2-4H2,1H3,(H,11,12). The van der Waals surface area contributed by atoms with Crippen LogP contribution in [0.4, 0.5) is 0 Å². The van der Waals surface area contributed by atoms with Gasteiger partial charge in [0.1, 0.15) is 0 Å². The number of aryl methyl sites for hydroxylation is 1. The van der Waals surface area contributed by atoms with E-state index in [0.29, 0.717) is 24.9 Å². The number of hydrogen-bond donors (Lipinski definition) is 2. The first-order chi connectivity index (χ1) is 6.18. The number of nitrogens with one attached hydrogen (secondary N) is 1. The van der Waals surface area contributed by atoms with Gasteiger partial charge in [-0.15, -0.1) is 10.2 Å². The zero-order valence-corrected chi connectivity index (χ0v) is 7.28. The Kier molecular flexibility index (Phi) is 3.39. The average molecular weight is 185 g/mol. The Balaban J connectivity index is 2.16. The van der Waals surface area contributed by atoms with Gasteiger partial charge in [-0.25, -0.2) is 0 Å². The maximum atomic E-state index is 10.1. The van der Waals surface area contributed by atoms with E-state index in [1.54, 1.807) is 6.92 Å². The molecule has 13 heavy (non-hydrogen) atoms. The molecule has 0 saturated carbocycles. The van der Waals surface area contributed by atoms with Crippen molar-refractivity contribution in [3.8, 4) is 0 Å². The van der Waals surface area contributed by atoms with E-state index in [4.69, 9.17) is 9.52 Å². The first-order valence-corrected chi connectivity index (χ1v) is 3.90. The van der Waals surface area contributed by atoms with Crippen LogP contribution in [-0.2, 0) is 11.3 Å². The summed E-state index contributed by atoms with van der Waals surface area (Å²) in [5, 5.41) is 18.6.